The van der Waals surface area contributed by atoms with Crippen molar-refractivity contribution in [3.05, 3.63) is 18.1 Å². The first kappa shape index (κ1) is 11.8. The molecule has 1 aliphatic rings. The number of carbonyl (C=O) groups is 1. The van der Waals surface area contributed by atoms with Crippen LogP contribution < -0.4 is 5.32 Å². The molecule has 0 aromatic carbocycles. The molecule has 1 aromatic heterocycles. The quantitative estimate of drug-likeness (QED) is 0.817. The molecule has 0 radical (unpaired) electrons. The fourth-order valence-corrected chi connectivity index (χ4v) is 2.08. The number of hydrogen-bond acceptors (Lipinski definition) is 5. The number of carboxylic acid groups (broad SMARTS) is 1. The molecule has 2 N–H and O–H groups in total. The van der Waals surface area contributed by atoms with E-state index < -0.39 is 5.97 Å². The van der Waals surface area contributed by atoms with Gasteiger partial charge in [-0.2, -0.15) is 0 Å². The van der Waals surface area contributed by atoms with Crippen LogP contribution in [0.3, 0.4) is 0 Å². The van der Waals surface area contributed by atoms with Crippen LogP contribution >= 0.6 is 0 Å². The minimum atomic E-state index is -1.07. The van der Waals surface area contributed by atoms with Crippen LogP contribution in [0.15, 0.2) is 12.4 Å². The molecule has 2 unspecified atom stereocenters. The molecule has 1 aromatic rings. The van der Waals surface area contributed by atoms with E-state index in [-0.39, 0.29) is 17.8 Å². The first-order chi connectivity index (χ1) is 8.20. The van der Waals surface area contributed by atoms with Crippen molar-refractivity contribution in [2.75, 3.05) is 12.4 Å². The van der Waals surface area contributed by atoms with Crippen LogP contribution in [0.4, 0.5) is 5.82 Å². The van der Waals surface area contributed by atoms with Crippen molar-refractivity contribution in [2.45, 2.75) is 31.4 Å². The minimum Gasteiger partial charge on any atom is -0.476 e. The third kappa shape index (κ3) is 2.71. The largest absolute Gasteiger partial charge is 0.476 e. The van der Waals surface area contributed by atoms with Gasteiger partial charge < -0.3 is 15.2 Å². The number of methoxy groups -OCH3 is 1. The molecule has 2 atom stereocenters. The summed E-state index contributed by atoms with van der Waals surface area (Å²) in [5, 5.41) is 12.1. The predicted octanol–water partition coefficient (Wildman–Crippen LogP) is 1.15. The first-order valence-corrected chi connectivity index (χ1v) is 5.54. The average molecular weight is 237 g/mol. The number of ether oxygens (including phenoxy) is 1. The summed E-state index contributed by atoms with van der Waals surface area (Å²) in [4.78, 5) is 18.8. The number of anilines is 1. The highest BCUT2D eigenvalue weighted by Gasteiger charge is 2.26. The van der Waals surface area contributed by atoms with Gasteiger partial charge >= 0.3 is 5.97 Å². The highest BCUT2D eigenvalue weighted by Crippen LogP contribution is 2.24. The van der Waals surface area contributed by atoms with Gasteiger partial charge in [-0.3, -0.25) is 0 Å². The van der Waals surface area contributed by atoms with E-state index in [1.165, 1.54) is 12.4 Å². The third-order valence-corrected chi connectivity index (χ3v) is 2.96. The van der Waals surface area contributed by atoms with Crippen LogP contribution in [0, 0.1) is 0 Å². The molecule has 1 fully saturated rings. The molecular weight excluding hydrogens is 222 g/mol. The Kier molecular flexibility index (Phi) is 3.53. The van der Waals surface area contributed by atoms with Gasteiger partial charge in [0, 0.05) is 25.5 Å². The Morgan fingerprint density at radius 3 is 2.88 bits per heavy atom. The fraction of sp³-hybridized carbons (Fsp3) is 0.545. The molecule has 6 heteroatoms. The second kappa shape index (κ2) is 5.09. The fourth-order valence-electron chi connectivity index (χ4n) is 2.08. The third-order valence-electron chi connectivity index (χ3n) is 2.96. The van der Waals surface area contributed by atoms with Crippen molar-refractivity contribution in [3.63, 3.8) is 0 Å². The van der Waals surface area contributed by atoms with Crippen LogP contribution in [0.5, 0.6) is 0 Å². The summed E-state index contributed by atoms with van der Waals surface area (Å²) in [5.74, 6) is -0.733. The van der Waals surface area contributed by atoms with Gasteiger partial charge in [-0.1, -0.05) is 0 Å². The zero-order chi connectivity index (χ0) is 12.3. The minimum absolute atomic E-state index is 0.0339. The maximum atomic E-state index is 10.9. The molecule has 2 rings (SSSR count). The van der Waals surface area contributed by atoms with E-state index in [1.807, 2.05) is 0 Å². The van der Waals surface area contributed by atoms with Crippen LogP contribution in [-0.4, -0.2) is 40.3 Å². The van der Waals surface area contributed by atoms with Gasteiger partial charge in [-0.15, -0.1) is 0 Å². The zero-order valence-electron chi connectivity index (χ0n) is 9.59. The molecular formula is C11H15N3O3. The summed E-state index contributed by atoms with van der Waals surface area (Å²) in [7, 11) is 1.69. The lowest BCUT2D eigenvalue weighted by Crippen LogP contribution is -2.20. The number of aromatic nitrogens is 2. The average Bonchev–Trinajstić information content (AvgIpc) is 2.77. The molecule has 0 amide bonds. The summed E-state index contributed by atoms with van der Waals surface area (Å²) in [5.41, 5.74) is -0.0339. The van der Waals surface area contributed by atoms with Crippen molar-refractivity contribution in [1.29, 1.82) is 0 Å². The molecule has 0 bridgehead atoms. The Balaban J connectivity index is 2.06. The van der Waals surface area contributed by atoms with E-state index in [4.69, 9.17) is 9.84 Å². The van der Waals surface area contributed by atoms with Gasteiger partial charge in [-0.25, -0.2) is 14.8 Å². The molecule has 1 aliphatic carbocycles. The van der Waals surface area contributed by atoms with E-state index >= 15 is 0 Å². The second-order valence-corrected chi connectivity index (χ2v) is 4.07. The van der Waals surface area contributed by atoms with Crippen molar-refractivity contribution in [1.82, 2.24) is 9.97 Å². The van der Waals surface area contributed by atoms with E-state index in [1.54, 1.807) is 7.11 Å². The van der Waals surface area contributed by atoms with Gasteiger partial charge in [0.15, 0.2) is 11.5 Å². The SMILES string of the molecule is COC1CCC(Nc2nccnc2C(=O)O)C1. The molecule has 1 saturated carbocycles. The number of carboxylic acids is 1. The van der Waals surface area contributed by atoms with Gasteiger partial charge in [0.2, 0.25) is 0 Å². The smallest absolute Gasteiger partial charge is 0.358 e. The van der Waals surface area contributed by atoms with Crippen molar-refractivity contribution >= 4 is 11.8 Å². The Morgan fingerprint density at radius 1 is 1.47 bits per heavy atom. The number of hydrogen-bond donors (Lipinski definition) is 2. The Labute approximate surface area is 99.0 Å². The first-order valence-electron chi connectivity index (χ1n) is 5.54. The zero-order valence-corrected chi connectivity index (χ0v) is 9.59. The van der Waals surface area contributed by atoms with Crippen LogP contribution in [0.1, 0.15) is 29.8 Å². The summed E-state index contributed by atoms with van der Waals surface area (Å²) < 4.78 is 5.26. The Hall–Kier alpha value is -1.69. The molecule has 92 valence electrons. The molecule has 0 spiro atoms. The standard InChI is InChI=1S/C11H15N3O3/c1-17-8-3-2-7(6-8)14-10-9(11(15)16)12-4-5-13-10/h4-5,7-8H,2-3,6H2,1H3,(H,13,14)(H,15,16). The normalized spacial score (nSPS) is 23.6. The summed E-state index contributed by atoms with van der Waals surface area (Å²) in [6, 6.07) is 0.203. The predicted molar refractivity (Wildman–Crippen MR) is 61.1 cm³/mol. The lowest BCUT2D eigenvalue weighted by Gasteiger charge is -2.14. The van der Waals surface area contributed by atoms with Crippen molar-refractivity contribution < 1.29 is 14.6 Å². The van der Waals surface area contributed by atoms with E-state index in [0.717, 1.165) is 19.3 Å². The lowest BCUT2D eigenvalue weighted by atomic mass is 10.2. The summed E-state index contributed by atoms with van der Waals surface area (Å²) in [6.07, 6.45) is 5.91. The molecule has 0 aliphatic heterocycles. The summed E-state index contributed by atoms with van der Waals surface area (Å²) >= 11 is 0. The van der Waals surface area contributed by atoms with Gasteiger partial charge in [0.05, 0.1) is 6.10 Å². The van der Waals surface area contributed by atoms with Gasteiger partial charge in [0.25, 0.3) is 0 Å². The topological polar surface area (TPSA) is 84.3 Å². The maximum absolute atomic E-state index is 10.9. The molecule has 6 nitrogen and oxygen atoms in total. The van der Waals surface area contributed by atoms with Crippen LogP contribution in [0.2, 0.25) is 0 Å². The molecule has 17 heavy (non-hydrogen) atoms. The van der Waals surface area contributed by atoms with Gasteiger partial charge in [-0.05, 0) is 19.3 Å². The van der Waals surface area contributed by atoms with E-state index in [2.05, 4.69) is 15.3 Å². The summed E-state index contributed by atoms with van der Waals surface area (Å²) in [6.45, 7) is 0. The molecule has 0 saturated heterocycles. The monoisotopic (exact) mass is 237 g/mol. The van der Waals surface area contributed by atoms with Crippen molar-refractivity contribution in [2.24, 2.45) is 0 Å². The maximum Gasteiger partial charge on any atom is 0.358 e. The Bertz CT molecular complexity index is 411. The van der Waals surface area contributed by atoms with Crippen LogP contribution in [0.25, 0.3) is 0 Å². The highest BCUT2D eigenvalue weighted by atomic mass is 16.5. The van der Waals surface area contributed by atoms with Crippen LogP contribution in [-0.2, 0) is 4.74 Å². The number of aromatic carboxylic acids is 1. The number of nitrogens with one attached hydrogen (secondary N) is 1. The number of nitrogens with zero attached hydrogens (tertiary/aromatic N) is 2. The van der Waals surface area contributed by atoms with E-state index in [0.29, 0.717) is 5.82 Å². The lowest BCUT2D eigenvalue weighted by molar-refractivity contribution is 0.0691. The second-order valence-electron chi connectivity index (χ2n) is 4.07. The molecule has 1 heterocycles. The van der Waals surface area contributed by atoms with Gasteiger partial charge in [0.1, 0.15) is 0 Å². The Morgan fingerprint density at radius 2 is 2.24 bits per heavy atom. The van der Waals surface area contributed by atoms with E-state index in [9.17, 15) is 4.79 Å². The van der Waals surface area contributed by atoms with Crippen molar-refractivity contribution in [3.8, 4) is 0 Å². The number of rotatable bonds is 4. The highest BCUT2D eigenvalue weighted by molar-refractivity contribution is 5.90.